The molecule has 0 aromatic rings. The van der Waals surface area contributed by atoms with Crippen molar-refractivity contribution in [2.45, 2.75) is 13.8 Å². The molecule has 0 aliphatic heterocycles. The van der Waals surface area contributed by atoms with Gasteiger partial charge in [-0.25, -0.2) is 0 Å². The maximum Gasteiger partial charge on any atom is 0.328 e. The Balaban J connectivity index is 2.83. The van der Waals surface area contributed by atoms with Crippen LogP contribution in [0, 0.1) is 0 Å². The average molecular weight is 229 g/mol. The van der Waals surface area contributed by atoms with Crippen LogP contribution in [0.5, 0.6) is 0 Å². The molecule has 0 fully saturated rings. The molecule has 1 aliphatic rings. The van der Waals surface area contributed by atoms with Crippen LogP contribution in [-0.2, 0) is 19.2 Å². The van der Waals surface area contributed by atoms with Crippen LogP contribution in [-0.4, -0.2) is 25.7 Å². The second-order valence-corrected chi connectivity index (χ2v) is 4.80. The first-order chi connectivity index (χ1) is 6.94. The zero-order valence-electron chi connectivity index (χ0n) is 8.43. The van der Waals surface area contributed by atoms with Crippen molar-refractivity contribution in [3.05, 3.63) is 23.8 Å². The van der Waals surface area contributed by atoms with Gasteiger partial charge in [0.1, 0.15) is 5.71 Å². The van der Waals surface area contributed by atoms with E-state index in [1.54, 1.807) is 6.92 Å². The molecule has 0 N–H and O–H groups in total. The SMILES string of the molecule is CCS(=O)(=O)O/N=C1/C=CC(=O)C=C1C. The first-order valence-electron chi connectivity index (χ1n) is 4.34. The number of hydrogen-bond donors (Lipinski definition) is 0. The van der Waals surface area contributed by atoms with E-state index in [0.717, 1.165) is 0 Å². The molecule has 0 aromatic carbocycles. The van der Waals surface area contributed by atoms with Gasteiger partial charge in [0.25, 0.3) is 0 Å². The van der Waals surface area contributed by atoms with E-state index in [9.17, 15) is 13.2 Å². The van der Waals surface area contributed by atoms with Crippen molar-refractivity contribution in [1.29, 1.82) is 0 Å². The lowest BCUT2D eigenvalue weighted by atomic mass is 10.1. The summed E-state index contributed by atoms with van der Waals surface area (Å²) in [7, 11) is -3.59. The molecule has 1 rings (SSSR count). The first kappa shape index (κ1) is 11.6. The van der Waals surface area contributed by atoms with Crippen LogP contribution in [0.4, 0.5) is 0 Å². The molecule has 0 saturated carbocycles. The number of carbonyl (C=O) groups excluding carboxylic acids is 1. The fraction of sp³-hybridized carbons (Fsp3) is 0.333. The van der Waals surface area contributed by atoms with E-state index >= 15 is 0 Å². The molecule has 1 aliphatic carbocycles. The second-order valence-electron chi connectivity index (χ2n) is 2.96. The molecule has 0 amide bonds. The summed E-state index contributed by atoms with van der Waals surface area (Å²) in [5, 5.41) is 3.46. The van der Waals surface area contributed by atoms with Gasteiger partial charge in [-0.2, -0.15) is 8.42 Å². The minimum absolute atomic E-state index is 0.144. The van der Waals surface area contributed by atoms with Crippen LogP contribution in [0.3, 0.4) is 0 Å². The number of allylic oxidation sites excluding steroid dienone is 4. The van der Waals surface area contributed by atoms with E-state index in [-0.39, 0.29) is 11.5 Å². The van der Waals surface area contributed by atoms with Gasteiger partial charge < -0.3 is 0 Å². The molecule has 0 spiro atoms. The number of oxime groups is 1. The smallest absolute Gasteiger partial charge is 0.290 e. The van der Waals surface area contributed by atoms with Crippen molar-refractivity contribution in [1.82, 2.24) is 0 Å². The molecule has 82 valence electrons. The number of hydrogen-bond acceptors (Lipinski definition) is 5. The minimum Gasteiger partial charge on any atom is -0.290 e. The maximum absolute atomic E-state index is 11.0. The molecular formula is C9H11NO4S. The van der Waals surface area contributed by atoms with Gasteiger partial charge in [0.15, 0.2) is 5.78 Å². The van der Waals surface area contributed by atoms with Crippen LogP contribution in [0.15, 0.2) is 29.0 Å². The number of carbonyl (C=O) groups is 1. The zero-order valence-corrected chi connectivity index (χ0v) is 9.24. The molecule has 6 heteroatoms. The zero-order chi connectivity index (χ0) is 11.5. The lowest BCUT2D eigenvalue weighted by Crippen LogP contribution is -2.09. The summed E-state index contributed by atoms with van der Waals surface area (Å²) < 4.78 is 26.3. The molecule has 0 radical (unpaired) electrons. The maximum atomic E-state index is 11.0. The first-order valence-corrected chi connectivity index (χ1v) is 5.92. The summed E-state index contributed by atoms with van der Waals surface area (Å²) in [6.07, 6.45) is 4.08. The molecule has 15 heavy (non-hydrogen) atoms. The lowest BCUT2D eigenvalue weighted by molar-refractivity contribution is -0.110. The highest BCUT2D eigenvalue weighted by Crippen LogP contribution is 2.07. The average Bonchev–Trinajstić information content (AvgIpc) is 2.16. The Morgan fingerprint density at radius 1 is 1.40 bits per heavy atom. The third kappa shape index (κ3) is 3.32. The van der Waals surface area contributed by atoms with Crippen molar-refractivity contribution >= 4 is 21.6 Å². The summed E-state index contributed by atoms with van der Waals surface area (Å²) in [6, 6.07) is 0. The Kier molecular flexibility index (Phi) is 3.41. The van der Waals surface area contributed by atoms with Crippen molar-refractivity contribution in [3.8, 4) is 0 Å². The fourth-order valence-electron chi connectivity index (χ4n) is 0.880. The summed E-state index contributed by atoms with van der Waals surface area (Å²) in [5.74, 6) is -0.292. The van der Waals surface area contributed by atoms with Gasteiger partial charge in [-0.3, -0.25) is 9.08 Å². The molecule has 0 atom stereocenters. The van der Waals surface area contributed by atoms with Gasteiger partial charge in [-0.05, 0) is 37.6 Å². The summed E-state index contributed by atoms with van der Waals surface area (Å²) >= 11 is 0. The van der Waals surface area contributed by atoms with E-state index in [0.29, 0.717) is 11.3 Å². The normalized spacial score (nSPS) is 19.2. The standard InChI is InChI=1S/C9H11NO4S/c1-3-15(12,13)14-10-9-5-4-8(11)6-7(9)2/h4-6H,3H2,1-2H3/b10-9-. The van der Waals surface area contributed by atoms with Gasteiger partial charge in [-0.15, -0.1) is 0 Å². The van der Waals surface area contributed by atoms with E-state index in [1.807, 2.05) is 0 Å². The highest BCUT2D eigenvalue weighted by Gasteiger charge is 2.11. The quantitative estimate of drug-likeness (QED) is 0.530. The largest absolute Gasteiger partial charge is 0.328 e. The van der Waals surface area contributed by atoms with Crippen LogP contribution in [0.2, 0.25) is 0 Å². The van der Waals surface area contributed by atoms with Crippen LogP contribution in [0.1, 0.15) is 13.8 Å². The van der Waals surface area contributed by atoms with Crippen molar-refractivity contribution in [2.24, 2.45) is 5.16 Å². The number of ketones is 1. The molecule has 0 bridgehead atoms. The highest BCUT2D eigenvalue weighted by molar-refractivity contribution is 7.86. The third-order valence-corrected chi connectivity index (χ3v) is 2.78. The Hall–Kier alpha value is -1.43. The third-order valence-electron chi connectivity index (χ3n) is 1.77. The molecule has 0 heterocycles. The Morgan fingerprint density at radius 3 is 2.60 bits per heavy atom. The van der Waals surface area contributed by atoms with E-state index in [2.05, 4.69) is 9.44 Å². The summed E-state index contributed by atoms with van der Waals surface area (Å²) in [4.78, 5) is 10.9. The monoisotopic (exact) mass is 229 g/mol. The highest BCUT2D eigenvalue weighted by atomic mass is 32.2. The lowest BCUT2D eigenvalue weighted by Gasteiger charge is -2.04. The van der Waals surface area contributed by atoms with Gasteiger partial charge in [0.05, 0.1) is 5.75 Å². The topological polar surface area (TPSA) is 72.8 Å². The number of rotatable bonds is 3. The summed E-state index contributed by atoms with van der Waals surface area (Å²) in [6.45, 7) is 3.11. The minimum atomic E-state index is -3.59. The molecule has 0 saturated heterocycles. The molecular weight excluding hydrogens is 218 g/mol. The molecule has 0 unspecified atom stereocenters. The Bertz CT molecular complexity index is 457. The predicted octanol–water partition coefficient (Wildman–Crippen LogP) is 0.794. The Labute approximate surface area is 88.2 Å². The van der Waals surface area contributed by atoms with E-state index < -0.39 is 10.1 Å². The van der Waals surface area contributed by atoms with Gasteiger partial charge >= 0.3 is 10.1 Å². The molecule has 0 aromatic heterocycles. The van der Waals surface area contributed by atoms with Gasteiger partial charge in [0.2, 0.25) is 0 Å². The van der Waals surface area contributed by atoms with Gasteiger partial charge in [-0.1, -0.05) is 5.16 Å². The second kappa shape index (κ2) is 4.39. The van der Waals surface area contributed by atoms with Crippen LogP contribution >= 0.6 is 0 Å². The summed E-state index contributed by atoms with van der Waals surface area (Å²) in [5.41, 5.74) is 0.917. The fourth-order valence-corrected chi connectivity index (χ4v) is 1.18. The number of nitrogens with zero attached hydrogens (tertiary/aromatic N) is 1. The predicted molar refractivity (Wildman–Crippen MR) is 55.9 cm³/mol. The van der Waals surface area contributed by atoms with Crippen LogP contribution < -0.4 is 0 Å². The Morgan fingerprint density at radius 2 is 2.07 bits per heavy atom. The van der Waals surface area contributed by atoms with Crippen LogP contribution in [0.25, 0.3) is 0 Å². The van der Waals surface area contributed by atoms with Gasteiger partial charge in [0, 0.05) is 0 Å². The molecule has 5 nitrogen and oxygen atoms in total. The van der Waals surface area contributed by atoms with Crippen molar-refractivity contribution in [3.63, 3.8) is 0 Å². The van der Waals surface area contributed by atoms with Crippen molar-refractivity contribution in [2.75, 3.05) is 5.75 Å². The van der Waals surface area contributed by atoms with E-state index in [1.165, 1.54) is 25.2 Å². The van der Waals surface area contributed by atoms with Crippen molar-refractivity contribution < 1.29 is 17.5 Å². The van der Waals surface area contributed by atoms with E-state index in [4.69, 9.17) is 0 Å².